The molecule has 2 aromatic rings. The van der Waals surface area contributed by atoms with Gasteiger partial charge < -0.3 is 10.1 Å². The van der Waals surface area contributed by atoms with Crippen LogP contribution in [0.25, 0.3) is 0 Å². The molecule has 0 spiro atoms. The summed E-state index contributed by atoms with van der Waals surface area (Å²) in [7, 11) is 0. The molecule has 1 aromatic carbocycles. The van der Waals surface area contributed by atoms with Gasteiger partial charge in [-0.3, -0.25) is 9.89 Å². The van der Waals surface area contributed by atoms with Crippen molar-refractivity contribution in [1.82, 2.24) is 10.2 Å². The Labute approximate surface area is 122 Å². The monoisotopic (exact) mass is 287 g/mol. The van der Waals surface area contributed by atoms with Crippen molar-refractivity contribution in [3.63, 3.8) is 0 Å². The minimum atomic E-state index is -0.464. The number of amides is 1. The number of nitrogens with one attached hydrogen (secondary N) is 2. The van der Waals surface area contributed by atoms with Gasteiger partial charge in [-0.1, -0.05) is 12.1 Å². The molecule has 0 fully saturated rings. The number of carbonyl (C=O) groups excluding carboxylic acids is 2. The lowest BCUT2D eigenvalue weighted by molar-refractivity contribution is 0.0527. The molecule has 0 aliphatic carbocycles. The van der Waals surface area contributed by atoms with Gasteiger partial charge in [0.15, 0.2) is 0 Å². The van der Waals surface area contributed by atoms with Crippen molar-refractivity contribution in [3.8, 4) is 0 Å². The van der Waals surface area contributed by atoms with Crippen molar-refractivity contribution >= 4 is 17.6 Å². The molecule has 0 saturated heterocycles. The molecule has 0 saturated carbocycles. The standard InChI is InChI=1S/C15H17N3O3/c1-4-21-15(20)11-7-5-6-8-12(11)16-14(19)13-9(2)17-18-10(13)3/h5-8H,4H2,1-3H3,(H,16,19)(H,17,18). The number of benzene rings is 1. The van der Waals surface area contributed by atoms with Crippen LogP contribution >= 0.6 is 0 Å². The van der Waals surface area contributed by atoms with Crippen LogP contribution in [-0.4, -0.2) is 28.7 Å². The molecule has 1 aromatic heterocycles. The van der Waals surface area contributed by atoms with Gasteiger partial charge in [-0.25, -0.2) is 4.79 Å². The van der Waals surface area contributed by atoms with Crippen LogP contribution in [0.1, 0.15) is 39.0 Å². The Morgan fingerprint density at radius 1 is 1.29 bits per heavy atom. The molecule has 1 amide bonds. The van der Waals surface area contributed by atoms with E-state index < -0.39 is 5.97 Å². The fourth-order valence-corrected chi connectivity index (χ4v) is 2.05. The lowest BCUT2D eigenvalue weighted by Gasteiger charge is -2.10. The van der Waals surface area contributed by atoms with E-state index in [1.807, 2.05) is 0 Å². The van der Waals surface area contributed by atoms with Crippen LogP contribution in [0.15, 0.2) is 24.3 Å². The Balaban J connectivity index is 2.28. The number of ether oxygens (including phenoxy) is 1. The lowest BCUT2D eigenvalue weighted by atomic mass is 10.1. The van der Waals surface area contributed by atoms with Gasteiger partial charge in [0.25, 0.3) is 5.91 Å². The molecule has 21 heavy (non-hydrogen) atoms. The van der Waals surface area contributed by atoms with E-state index in [0.717, 1.165) is 0 Å². The van der Waals surface area contributed by atoms with Gasteiger partial charge in [0.05, 0.1) is 29.1 Å². The van der Waals surface area contributed by atoms with E-state index in [0.29, 0.717) is 28.2 Å². The number of para-hydroxylation sites is 1. The number of aromatic nitrogens is 2. The number of aryl methyl sites for hydroxylation is 2. The van der Waals surface area contributed by atoms with Crippen molar-refractivity contribution in [2.45, 2.75) is 20.8 Å². The Morgan fingerprint density at radius 2 is 2.00 bits per heavy atom. The molecule has 2 N–H and O–H groups in total. The Morgan fingerprint density at radius 3 is 2.62 bits per heavy atom. The zero-order valence-corrected chi connectivity index (χ0v) is 12.2. The highest BCUT2D eigenvalue weighted by Crippen LogP contribution is 2.19. The quantitative estimate of drug-likeness (QED) is 0.846. The van der Waals surface area contributed by atoms with Crippen LogP contribution < -0.4 is 5.32 Å². The van der Waals surface area contributed by atoms with Gasteiger partial charge in [0.1, 0.15) is 0 Å². The van der Waals surface area contributed by atoms with Gasteiger partial charge >= 0.3 is 5.97 Å². The second-order valence-corrected chi connectivity index (χ2v) is 4.53. The molecule has 2 rings (SSSR count). The number of hydrogen-bond acceptors (Lipinski definition) is 4. The molecular formula is C15H17N3O3. The van der Waals surface area contributed by atoms with Crippen LogP contribution in [0, 0.1) is 13.8 Å². The number of H-pyrrole nitrogens is 1. The summed E-state index contributed by atoms with van der Waals surface area (Å²) in [6.07, 6.45) is 0. The van der Waals surface area contributed by atoms with Crippen molar-refractivity contribution < 1.29 is 14.3 Å². The van der Waals surface area contributed by atoms with Crippen LogP contribution in [0.5, 0.6) is 0 Å². The second-order valence-electron chi connectivity index (χ2n) is 4.53. The molecule has 6 heteroatoms. The van der Waals surface area contributed by atoms with Gasteiger partial charge in [-0.2, -0.15) is 5.10 Å². The van der Waals surface area contributed by atoms with Crippen LogP contribution in [0.3, 0.4) is 0 Å². The number of nitrogens with zero attached hydrogens (tertiary/aromatic N) is 1. The topological polar surface area (TPSA) is 84.1 Å². The molecule has 0 atom stereocenters. The lowest BCUT2D eigenvalue weighted by Crippen LogP contribution is -2.17. The SMILES string of the molecule is CCOC(=O)c1ccccc1NC(=O)c1c(C)n[nH]c1C. The molecule has 0 aliphatic heterocycles. The summed E-state index contributed by atoms with van der Waals surface area (Å²) in [4.78, 5) is 24.2. The van der Waals surface area contributed by atoms with Crippen LogP contribution in [0.2, 0.25) is 0 Å². The van der Waals surface area contributed by atoms with E-state index in [1.54, 1.807) is 45.0 Å². The molecule has 110 valence electrons. The van der Waals surface area contributed by atoms with Gasteiger partial charge in [0.2, 0.25) is 0 Å². The summed E-state index contributed by atoms with van der Waals surface area (Å²) in [5.41, 5.74) is 2.51. The minimum Gasteiger partial charge on any atom is -0.462 e. The maximum absolute atomic E-state index is 12.3. The largest absolute Gasteiger partial charge is 0.462 e. The number of carbonyl (C=O) groups is 2. The van der Waals surface area contributed by atoms with E-state index >= 15 is 0 Å². The first kappa shape index (κ1) is 14.8. The summed E-state index contributed by atoms with van der Waals surface area (Å²) in [6, 6.07) is 6.74. The Kier molecular flexibility index (Phi) is 4.37. The fourth-order valence-electron chi connectivity index (χ4n) is 2.05. The summed E-state index contributed by atoms with van der Waals surface area (Å²) in [5, 5.41) is 9.48. The van der Waals surface area contributed by atoms with Crippen LogP contribution in [-0.2, 0) is 4.74 Å². The fraction of sp³-hybridized carbons (Fsp3) is 0.267. The molecule has 0 radical (unpaired) electrons. The Hall–Kier alpha value is -2.63. The number of hydrogen-bond donors (Lipinski definition) is 2. The number of rotatable bonds is 4. The van der Waals surface area contributed by atoms with E-state index in [4.69, 9.17) is 4.74 Å². The maximum atomic E-state index is 12.3. The van der Waals surface area contributed by atoms with Crippen molar-refractivity contribution in [3.05, 3.63) is 46.8 Å². The first-order valence-corrected chi connectivity index (χ1v) is 6.63. The predicted molar refractivity (Wildman–Crippen MR) is 78.4 cm³/mol. The highest BCUT2D eigenvalue weighted by atomic mass is 16.5. The van der Waals surface area contributed by atoms with E-state index in [-0.39, 0.29) is 12.5 Å². The second kappa shape index (κ2) is 6.21. The van der Waals surface area contributed by atoms with Gasteiger partial charge in [-0.05, 0) is 32.9 Å². The van der Waals surface area contributed by atoms with Gasteiger partial charge in [-0.15, -0.1) is 0 Å². The normalized spacial score (nSPS) is 10.2. The summed E-state index contributed by atoms with van der Waals surface area (Å²) < 4.78 is 4.98. The number of esters is 1. The third-order valence-corrected chi connectivity index (χ3v) is 3.03. The summed E-state index contributed by atoms with van der Waals surface area (Å²) in [6.45, 7) is 5.53. The van der Waals surface area contributed by atoms with E-state index in [1.165, 1.54) is 0 Å². The highest BCUT2D eigenvalue weighted by molar-refractivity contribution is 6.09. The third-order valence-electron chi connectivity index (χ3n) is 3.03. The molecule has 6 nitrogen and oxygen atoms in total. The van der Waals surface area contributed by atoms with Crippen molar-refractivity contribution in [2.24, 2.45) is 0 Å². The molecule has 1 heterocycles. The molecule has 0 aliphatic rings. The number of anilines is 1. The minimum absolute atomic E-state index is 0.279. The first-order valence-electron chi connectivity index (χ1n) is 6.63. The third kappa shape index (κ3) is 3.10. The van der Waals surface area contributed by atoms with Crippen molar-refractivity contribution in [2.75, 3.05) is 11.9 Å². The van der Waals surface area contributed by atoms with E-state index in [2.05, 4.69) is 15.5 Å². The van der Waals surface area contributed by atoms with Crippen molar-refractivity contribution in [1.29, 1.82) is 0 Å². The smallest absolute Gasteiger partial charge is 0.340 e. The van der Waals surface area contributed by atoms with E-state index in [9.17, 15) is 9.59 Å². The highest BCUT2D eigenvalue weighted by Gasteiger charge is 2.18. The predicted octanol–water partition coefficient (Wildman–Crippen LogP) is 2.46. The zero-order chi connectivity index (χ0) is 15.4. The number of aromatic amines is 1. The summed E-state index contributed by atoms with van der Waals surface area (Å²) >= 11 is 0. The molecule has 0 unspecified atom stereocenters. The Bertz CT molecular complexity index is 657. The zero-order valence-electron chi connectivity index (χ0n) is 12.2. The van der Waals surface area contributed by atoms with Gasteiger partial charge in [0, 0.05) is 5.69 Å². The maximum Gasteiger partial charge on any atom is 0.340 e. The first-order chi connectivity index (χ1) is 10.0. The summed E-state index contributed by atoms with van der Waals surface area (Å²) in [5.74, 6) is -0.774. The molecule has 0 bridgehead atoms. The average Bonchev–Trinajstić information content (AvgIpc) is 2.79. The van der Waals surface area contributed by atoms with Crippen LogP contribution in [0.4, 0.5) is 5.69 Å². The molecular weight excluding hydrogens is 270 g/mol. The average molecular weight is 287 g/mol.